The maximum absolute atomic E-state index is 13.4. The number of ether oxygens (including phenoxy) is 2. The van der Waals surface area contributed by atoms with E-state index in [1.165, 1.54) is 0 Å². The van der Waals surface area contributed by atoms with Gasteiger partial charge in [0, 0.05) is 24.3 Å². The minimum absolute atomic E-state index is 0.0371. The van der Waals surface area contributed by atoms with E-state index in [1.54, 1.807) is 30.2 Å². The third-order valence-corrected chi connectivity index (χ3v) is 6.32. The molecule has 0 spiro atoms. The number of amides is 1. The Morgan fingerprint density at radius 2 is 1.81 bits per heavy atom. The summed E-state index contributed by atoms with van der Waals surface area (Å²) in [5, 5.41) is 27.2. The normalized spacial score (nSPS) is 14.7. The number of aliphatic hydroxyl groups excluding tert-OH is 1. The summed E-state index contributed by atoms with van der Waals surface area (Å²) in [5.41, 5.74) is 3.94. The van der Waals surface area contributed by atoms with Crippen LogP contribution in [0, 0.1) is 0 Å². The van der Waals surface area contributed by atoms with E-state index in [0.29, 0.717) is 53.6 Å². The van der Waals surface area contributed by atoms with Crippen molar-refractivity contribution in [1.82, 2.24) is 15.1 Å². The smallest absolute Gasteiger partial charge is 0.273 e. The quantitative estimate of drug-likeness (QED) is 0.326. The van der Waals surface area contributed by atoms with Gasteiger partial charge in [-0.3, -0.25) is 9.89 Å². The van der Waals surface area contributed by atoms with Gasteiger partial charge >= 0.3 is 0 Å². The first-order chi connectivity index (χ1) is 17.6. The molecule has 8 heteroatoms. The number of aromatic amines is 1. The number of methoxy groups -OCH3 is 1. The summed E-state index contributed by atoms with van der Waals surface area (Å²) in [7, 11) is 1.58. The van der Waals surface area contributed by atoms with Crippen LogP contribution in [-0.2, 0) is 6.61 Å². The van der Waals surface area contributed by atoms with Gasteiger partial charge in [0.2, 0.25) is 0 Å². The molecule has 36 heavy (non-hydrogen) atoms. The summed E-state index contributed by atoms with van der Waals surface area (Å²) < 4.78 is 11.7. The summed E-state index contributed by atoms with van der Waals surface area (Å²) in [6.07, 6.45) is 0.432. The molecule has 0 bridgehead atoms. The van der Waals surface area contributed by atoms with Crippen molar-refractivity contribution in [2.45, 2.75) is 19.1 Å². The highest BCUT2D eigenvalue weighted by Crippen LogP contribution is 2.45. The molecule has 4 aromatic rings. The fourth-order valence-electron chi connectivity index (χ4n) is 4.60. The molecule has 1 aliphatic heterocycles. The molecule has 0 aliphatic carbocycles. The molecule has 8 nitrogen and oxygen atoms in total. The monoisotopic (exact) mass is 485 g/mol. The molecule has 1 aromatic heterocycles. The molecule has 2 heterocycles. The van der Waals surface area contributed by atoms with Gasteiger partial charge in [-0.15, -0.1) is 0 Å². The number of hydrogen-bond donors (Lipinski definition) is 3. The van der Waals surface area contributed by atoms with Gasteiger partial charge in [-0.05, 0) is 41.8 Å². The number of nitrogens with zero attached hydrogens (tertiary/aromatic N) is 2. The van der Waals surface area contributed by atoms with Crippen LogP contribution in [0.15, 0.2) is 72.8 Å². The maximum atomic E-state index is 13.4. The van der Waals surface area contributed by atoms with Gasteiger partial charge in [0.05, 0.1) is 13.2 Å². The summed E-state index contributed by atoms with van der Waals surface area (Å²) in [6, 6.07) is 21.9. The van der Waals surface area contributed by atoms with Crippen molar-refractivity contribution in [3.63, 3.8) is 0 Å². The molecule has 1 amide bonds. The Morgan fingerprint density at radius 1 is 1.03 bits per heavy atom. The van der Waals surface area contributed by atoms with E-state index in [1.807, 2.05) is 54.6 Å². The van der Waals surface area contributed by atoms with E-state index in [4.69, 9.17) is 9.47 Å². The Balaban J connectivity index is 1.55. The second-order valence-electron chi connectivity index (χ2n) is 8.54. The molecule has 1 aliphatic rings. The first kappa shape index (κ1) is 23.4. The Morgan fingerprint density at radius 3 is 2.56 bits per heavy atom. The van der Waals surface area contributed by atoms with Crippen molar-refractivity contribution in [1.29, 1.82) is 0 Å². The zero-order valence-corrected chi connectivity index (χ0v) is 19.8. The number of fused-ring (bicyclic) bond motifs is 1. The van der Waals surface area contributed by atoms with Gasteiger partial charge in [0.25, 0.3) is 5.91 Å². The number of nitrogens with one attached hydrogen (secondary N) is 1. The van der Waals surface area contributed by atoms with Crippen LogP contribution in [-0.4, -0.2) is 51.5 Å². The van der Waals surface area contributed by atoms with E-state index in [9.17, 15) is 15.0 Å². The minimum atomic E-state index is -0.482. The highest BCUT2D eigenvalue weighted by atomic mass is 16.5. The van der Waals surface area contributed by atoms with Crippen molar-refractivity contribution in [2.75, 3.05) is 20.3 Å². The molecule has 184 valence electrons. The van der Waals surface area contributed by atoms with Gasteiger partial charge in [0.1, 0.15) is 23.7 Å². The molecule has 1 atom stereocenters. The van der Waals surface area contributed by atoms with Crippen molar-refractivity contribution in [3.8, 4) is 28.5 Å². The lowest BCUT2D eigenvalue weighted by Gasteiger charge is -2.27. The first-order valence-corrected chi connectivity index (χ1v) is 11.8. The van der Waals surface area contributed by atoms with Crippen molar-refractivity contribution in [2.24, 2.45) is 0 Å². The SMILES string of the molecule is COc1cc(C2c3c(-c4ccccc4O)n[nH]c3C(=O)N2CCCO)ccc1OCc1ccccc1. The Kier molecular flexibility index (Phi) is 6.60. The highest BCUT2D eigenvalue weighted by molar-refractivity contribution is 6.00. The number of phenolic OH excluding ortho intramolecular Hbond substituents is 1. The number of aromatic nitrogens is 2. The second-order valence-corrected chi connectivity index (χ2v) is 8.54. The van der Waals surface area contributed by atoms with Crippen LogP contribution in [0.25, 0.3) is 11.3 Å². The number of H-pyrrole nitrogens is 1. The third kappa shape index (κ3) is 4.27. The van der Waals surface area contributed by atoms with Crippen LogP contribution in [0.2, 0.25) is 0 Å². The molecule has 3 aromatic carbocycles. The number of hydrogen-bond acceptors (Lipinski definition) is 6. The number of rotatable bonds is 9. The lowest BCUT2D eigenvalue weighted by atomic mass is 9.95. The lowest BCUT2D eigenvalue weighted by Crippen LogP contribution is -2.31. The topological polar surface area (TPSA) is 108 Å². The molecule has 5 rings (SSSR count). The second kappa shape index (κ2) is 10.1. The fraction of sp³-hybridized carbons (Fsp3) is 0.214. The molecule has 0 saturated carbocycles. The molecule has 3 N–H and O–H groups in total. The average Bonchev–Trinajstić information content (AvgIpc) is 3.45. The van der Waals surface area contributed by atoms with Crippen molar-refractivity contribution < 1.29 is 24.5 Å². The molecular weight excluding hydrogens is 458 g/mol. The fourth-order valence-corrected chi connectivity index (χ4v) is 4.60. The largest absolute Gasteiger partial charge is 0.507 e. The van der Waals surface area contributed by atoms with Gasteiger partial charge in [0.15, 0.2) is 11.5 Å². The number of para-hydroxylation sites is 1. The molecule has 0 fully saturated rings. The number of aromatic hydroxyl groups is 1. The number of aliphatic hydroxyl groups is 1. The maximum Gasteiger partial charge on any atom is 0.273 e. The Bertz CT molecular complexity index is 1370. The van der Waals surface area contributed by atoms with Crippen LogP contribution in [0.4, 0.5) is 0 Å². The Hall–Kier alpha value is -4.30. The van der Waals surface area contributed by atoms with E-state index >= 15 is 0 Å². The summed E-state index contributed by atoms with van der Waals surface area (Å²) in [5.74, 6) is 0.999. The van der Waals surface area contributed by atoms with E-state index in [2.05, 4.69) is 10.2 Å². The number of carbonyl (C=O) groups is 1. The summed E-state index contributed by atoms with van der Waals surface area (Å²) >= 11 is 0. The average molecular weight is 486 g/mol. The molecule has 1 unspecified atom stereocenters. The van der Waals surface area contributed by atoms with E-state index < -0.39 is 6.04 Å². The number of benzene rings is 3. The van der Waals surface area contributed by atoms with Crippen LogP contribution in [0.3, 0.4) is 0 Å². The molecule has 0 saturated heterocycles. The van der Waals surface area contributed by atoms with Crippen molar-refractivity contribution in [3.05, 3.63) is 95.2 Å². The molecule has 0 radical (unpaired) electrons. The zero-order valence-electron chi connectivity index (χ0n) is 19.8. The lowest BCUT2D eigenvalue weighted by molar-refractivity contribution is 0.0732. The molecular formula is C28H27N3O5. The van der Waals surface area contributed by atoms with Gasteiger partial charge in [-0.2, -0.15) is 5.10 Å². The summed E-state index contributed by atoms with van der Waals surface area (Å²) in [4.78, 5) is 15.1. The number of carbonyl (C=O) groups excluding carboxylic acids is 1. The van der Waals surface area contributed by atoms with Crippen LogP contribution < -0.4 is 9.47 Å². The van der Waals surface area contributed by atoms with Gasteiger partial charge in [-0.25, -0.2) is 0 Å². The zero-order chi connectivity index (χ0) is 25.1. The standard InChI is InChI=1S/C28H27N3O5/c1-35-23-16-19(12-13-22(23)36-17-18-8-3-2-4-9-18)27-24-25(20-10-5-6-11-21(20)33)29-30-26(24)28(34)31(27)14-7-15-32/h2-6,8-13,16,27,32-33H,7,14-15,17H2,1H3,(H,29,30). The Labute approximate surface area is 208 Å². The number of phenols is 1. The van der Waals surface area contributed by atoms with Gasteiger partial charge < -0.3 is 24.6 Å². The predicted octanol–water partition coefficient (Wildman–Crippen LogP) is 4.30. The first-order valence-electron chi connectivity index (χ1n) is 11.8. The summed E-state index contributed by atoms with van der Waals surface area (Å²) in [6.45, 7) is 0.715. The van der Waals surface area contributed by atoms with Gasteiger partial charge in [-0.1, -0.05) is 48.5 Å². The van der Waals surface area contributed by atoms with E-state index in [0.717, 1.165) is 11.1 Å². The minimum Gasteiger partial charge on any atom is -0.507 e. The van der Waals surface area contributed by atoms with Crippen LogP contribution in [0.1, 0.15) is 39.6 Å². The predicted molar refractivity (Wildman–Crippen MR) is 134 cm³/mol. The van der Waals surface area contributed by atoms with Crippen LogP contribution in [0.5, 0.6) is 17.2 Å². The highest BCUT2D eigenvalue weighted by Gasteiger charge is 2.42. The third-order valence-electron chi connectivity index (χ3n) is 6.32. The van der Waals surface area contributed by atoms with Crippen LogP contribution >= 0.6 is 0 Å². The van der Waals surface area contributed by atoms with Crippen molar-refractivity contribution >= 4 is 5.91 Å². The van der Waals surface area contributed by atoms with E-state index in [-0.39, 0.29) is 18.3 Å².